The normalized spacial score (nSPS) is 10.7. The molecule has 2 N–H and O–H groups in total. The van der Waals surface area contributed by atoms with Gasteiger partial charge in [-0.2, -0.15) is 0 Å². The Balaban J connectivity index is 0.00000400. The van der Waals surface area contributed by atoms with E-state index in [4.69, 9.17) is 0 Å². The molecule has 0 bridgehead atoms. The summed E-state index contributed by atoms with van der Waals surface area (Å²) >= 11 is 1.77. The molecule has 21 heavy (non-hydrogen) atoms. The molecule has 1 rings (SSSR count). The number of carbonyl (C=O) groups is 1. The third kappa shape index (κ3) is 9.67. The lowest BCUT2D eigenvalue weighted by Crippen LogP contribution is -2.38. The molecule has 0 unspecified atom stereocenters. The highest BCUT2D eigenvalue weighted by molar-refractivity contribution is 14.0. The second kappa shape index (κ2) is 12.9. The fourth-order valence-electron chi connectivity index (χ4n) is 1.68. The highest BCUT2D eigenvalue weighted by Gasteiger charge is 2.01. The number of methoxy groups -OCH3 is 1. The van der Waals surface area contributed by atoms with Crippen LogP contribution in [0.3, 0.4) is 0 Å². The Morgan fingerprint density at radius 2 is 2.10 bits per heavy atom. The number of esters is 1. The van der Waals surface area contributed by atoms with Crippen molar-refractivity contribution >= 4 is 47.2 Å². The quantitative estimate of drug-likeness (QED) is 0.221. The van der Waals surface area contributed by atoms with E-state index in [1.165, 1.54) is 12.0 Å². The molecule has 0 spiro atoms. The number of rotatable bonds is 8. The Bertz CT molecular complexity index is 410. The molecule has 0 atom stereocenters. The lowest BCUT2D eigenvalue weighted by Gasteiger charge is -2.11. The van der Waals surface area contributed by atoms with Crippen LogP contribution < -0.4 is 10.6 Å². The Kier molecular flexibility index (Phi) is 12.4. The van der Waals surface area contributed by atoms with Gasteiger partial charge in [-0.1, -0.05) is 6.07 Å². The van der Waals surface area contributed by atoms with E-state index in [1.807, 2.05) is 0 Å². The van der Waals surface area contributed by atoms with Crippen molar-refractivity contribution in [3.8, 4) is 0 Å². The highest BCUT2D eigenvalue weighted by atomic mass is 127. The first-order chi connectivity index (χ1) is 9.76. The van der Waals surface area contributed by atoms with Crippen molar-refractivity contribution in [2.45, 2.75) is 25.7 Å². The Morgan fingerprint density at radius 3 is 2.71 bits per heavy atom. The zero-order valence-electron chi connectivity index (χ0n) is 12.6. The van der Waals surface area contributed by atoms with Crippen LogP contribution in [0, 0.1) is 0 Å². The van der Waals surface area contributed by atoms with Crippen molar-refractivity contribution in [3.63, 3.8) is 0 Å². The standard InChI is InChI=1S/C14H23N3O2S.HI/c1-15-14(16-9-4-3-7-13(18)19-2)17-10-8-12-6-5-11-20-12;/h5-6,11H,3-4,7-10H2,1-2H3,(H2,15,16,17);1H. The lowest BCUT2D eigenvalue weighted by atomic mass is 10.2. The smallest absolute Gasteiger partial charge is 0.305 e. The van der Waals surface area contributed by atoms with Gasteiger partial charge in [0.05, 0.1) is 7.11 Å². The molecule has 0 saturated heterocycles. The number of ether oxygens (including phenoxy) is 1. The minimum absolute atomic E-state index is 0. The van der Waals surface area contributed by atoms with E-state index in [0.717, 1.165) is 38.3 Å². The summed E-state index contributed by atoms with van der Waals surface area (Å²) in [7, 11) is 3.18. The zero-order chi connectivity index (χ0) is 14.6. The van der Waals surface area contributed by atoms with Crippen molar-refractivity contribution in [2.75, 3.05) is 27.2 Å². The molecule has 1 aromatic rings. The predicted molar refractivity (Wildman–Crippen MR) is 98.7 cm³/mol. The summed E-state index contributed by atoms with van der Waals surface area (Å²) in [6.07, 6.45) is 3.22. The first-order valence-electron chi connectivity index (χ1n) is 6.80. The minimum Gasteiger partial charge on any atom is -0.469 e. The summed E-state index contributed by atoms with van der Waals surface area (Å²) in [5.74, 6) is 0.656. The number of nitrogens with one attached hydrogen (secondary N) is 2. The molecule has 0 fully saturated rings. The van der Waals surface area contributed by atoms with Gasteiger partial charge in [-0.3, -0.25) is 9.79 Å². The van der Waals surface area contributed by atoms with Crippen LogP contribution in [0.25, 0.3) is 0 Å². The van der Waals surface area contributed by atoms with Crippen LogP contribution in [0.5, 0.6) is 0 Å². The molecule has 120 valence electrons. The third-order valence-electron chi connectivity index (χ3n) is 2.80. The van der Waals surface area contributed by atoms with Crippen LogP contribution >= 0.6 is 35.3 Å². The topological polar surface area (TPSA) is 62.7 Å². The fourth-order valence-corrected chi connectivity index (χ4v) is 2.39. The molecule has 1 aromatic heterocycles. The highest BCUT2D eigenvalue weighted by Crippen LogP contribution is 2.07. The molecular weight excluding hydrogens is 401 g/mol. The van der Waals surface area contributed by atoms with Crippen LogP contribution in [-0.2, 0) is 16.0 Å². The summed E-state index contributed by atoms with van der Waals surface area (Å²) in [5, 5.41) is 8.59. The van der Waals surface area contributed by atoms with Gasteiger partial charge < -0.3 is 15.4 Å². The molecule has 0 amide bonds. The van der Waals surface area contributed by atoms with Gasteiger partial charge in [-0.15, -0.1) is 35.3 Å². The summed E-state index contributed by atoms with van der Waals surface area (Å²) < 4.78 is 4.59. The van der Waals surface area contributed by atoms with E-state index in [9.17, 15) is 4.79 Å². The number of guanidine groups is 1. The maximum atomic E-state index is 10.9. The maximum absolute atomic E-state index is 10.9. The van der Waals surface area contributed by atoms with Gasteiger partial charge >= 0.3 is 5.97 Å². The van der Waals surface area contributed by atoms with Crippen LogP contribution in [0.15, 0.2) is 22.5 Å². The van der Waals surface area contributed by atoms with E-state index in [-0.39, 0.29) is 29.9 Å². The molecule has 7 heteroatoms. The number of aliphatic imine (C=N–C) groups is 1. The van der Waals surface area contributed by atoms with E-state index in [2.05, 4.69) is 37.9 Å². The van der Waals surface area contributed by atoms with Crippen LogP contribution in [0.4, 0.5) is 0 Å². The van der Waals surface area contributed by atoms with Gasteiger partial charge in [-0.05, 0) is 30.7 Å². The number of halogens is 1. The Morgan fingerprint density at radius 1 is 1.33 bits per heavy atom. The molecule has 5 nitrogen and oxygen atoms in total. The summed E-state index contributed by atoms with van der Waals surface area (Å²) in [6, 6.07) is 4.20. The van der Waals surface area contributed by atoms with Gasteiger partial charge in [0.15, 0.2) is 5.96 Å². The second-order valence-electron chi connectivity index (χ2n) is 4.29. The second-order valence-corrected chi connectivity index (χ2v) is 5.32. The molecule has 1 heterocycles. The van der Waals surface area contributed by atoms with E-state index < -0.39 is 0 Å². The Hall–Kier alpha value is -0.830. The predicted octanol–water partition coefficient (Wildman–Crippen LogP) is 2.42. The minimum atomic E-state index is -0.150. The third-order valence-corrected chi connectivity index (χ3v) is 3.73. The molecular formula is C14H24IN3O2S. The summed E-state index contributed by atoms with van der Waals surface area (Å²) in [6.45, 7) is 1.66. The van der Waals surface area contributed by atoms with Crippen molar-refractivity contribution < 1.29 is 9.53 Å². The molecule has 0 aromatic carbocycles. The van der Waals surface area contributed by atoms with Gasteiger partial charge in [-0.25, -0.2) is 0 Å². The van der Waals surface area contributed by atoms with Crippen molar-refractivity contribution in [3.05, 3.63) is 22.4 Å². The molecule has 0 aliphatic carbocycles. The average molecular weight is 425 g/mol. The monoisotopic (exact) mass is 425 g/mol. The van der Waals surface area contributed by atoms with Crippen LogP contribution in [-0.4, -0.2) is 39.2 Å². The number of nitrogens with zero attached hydrogens (tertiary/aromatic N) is 1. The van der Waals surface area contributed by atoms with Gasteiger partial charge in [0.2, 0.25) is 0 Å². The zero-order valence-corrected chi connectivity index (χ0v) is 15.7. The average Bonchev–Trinajstić information content (AvgIpc) is 2.98. The molecule has 0 aliphatic heterocycles. The van der Waals surface area contributed by atoms with Crippen LogP contribution in [0.2, 0.25) is 0 Å². The Labute approximate surface area is 147 Å². The first kappa shape index (κ1) is 20.2. The number of hydrogen-bond acceptors (Lipinski definition) is 4. The van der Waals surface area contributed by atoms with Crippen molar-refractivity contribution in [1.82, 2.24) is 10.6 Å². The maximum Gasteiger partial charge on any atom is 0.305 e. The SMILES string of the molecule is CN=C(NCCCCC(=O)OC)NCCc1cccs1.I. The number of carbonyl (C=O) groups excluding carboxylic acids is 1. The van der Waals surface area contributed by atoms with E-state index in [1.54, 1.807) is 18.4 Å². The summed E-state index contributed by atoms with van der Waals surface area (Å²) in [4.78, 5) is 16.5. The lowest BCUT2D eigenvalue weighted by molar-refractivity contribution is -0.140. The molecule has 0 aliphatic rings. The van der Waals surface area contributed by atoms with Gasteiger partial charge in [0.1, 0.15) is 0 Å². The van der Waals surface area contributed by atoms with Crippen molar-refractivity contribution in [1.29, 1.82) is 0 Å². The first-order valence-corrected chi connectivity index (χ1v) is 7.68. The number of thiophene rings is 1. The van der Waals surface area contributed by atoms with Crippen LogP contribution in [0.1, 0.15) is 24.1 Å². The van der Waals surface area contributed by atoms with Crippen molar-refractivity contribution in [2.24, 2.45) is 4.99 Å². The largest absolute Gasteiger partial charge is 0.469 e. The van der Waals surface area contributed by atoms with E-state index in [0.29, 0.717) is 6.42 Å². The van der Waals surface area contributed by atoms with Gasteiger partial charge in [0, 0.05) is 31.4 Å². The summed E-state index contributed by atoms with van der Waals surface area (Å²) in [5.41, 5.74) is 0. The number of unbranched alkanes of at least 4 members (excludes halogenated alkanes) is 1. The number of hydrogen-bond donors (Lipinski definition) is 2. The molecule has 0 saturated carbocycles. The van der Waals surface area contributed by atoms with E-state index >= 15 is 0 Å². The fraction of sp³-hybridized carbons (Fsp3) is 0.571. The van der Waals surface area contributed by atoms with Gasteiger partial charge in [0.25, 0.3) is 0 Å². The molecule has 0 radical (unpaired) electrons.